The minimum absolute atomic E-state index is 0.0535. The van der Waals surface area contributed by atoms with Crippen molar-refractivity contribution in [3.8, 4) is 5.75 Å². The van der Waals surface area contributed by atoms with E-state index < -0.39 is 17.6 Å². The summed E-state index contributed by atoms with van der Waals surface area (Å²) in [4.78, 5) is 37.8. The molecule has 2 heterocycles. The third-order valence-electron chi connectivity index (χ3n) is 5.37. The van der Waals surface area contributed by atoms with Gasteiger partial charge in [0, 0.05) is 29.5 Å². The van der Waals surface area contributed by atoms with Gasteiger partial charge in [-0.05, 0) is 57.2 Å². The number of benzene rings is 1. The molecule has 1 aromatic carbocycles. The van der Waals surface area contributed by atoms with Gasteiger partial charge in [0.25, 0.3) is 0 Å². The van der Waals surface area contributed by atoms with Crippen LogP contribution in [0.5, 0.6) is 5.75 Å². The summed E-state index contributed by atoms with van der Waals surface area (Å²) in [5.41, 5.74) is 1.42. The fourth-order valence-corrected chi connectivity index (χ4v) is 3.73. The largest absolute Gasteiger partial charge is 0.508 e. The number of carbonyl (C=O) groups excluding carboxylic acids is 1. The zero-order valence-corrected chi connectivity index (χ0v) is 15.4. The Morgan fingerprint density at radius 3 is 2.67 bits per heavy atom. The molecular weight excluding hydrogens is 350 g/mol. The summed E-state index contributed by atoms with van der Waals surface area (Å²) in [6.07, 6.45) is 2.28. The molecular formula is C20H23NO6. The second-order valence-corrected chi connectivity index (χ2v) is 7.02. The number of aromatic hydroxyl groups is 1. The number of rotatable bonds is 4. The second kappa shape index (κ2) is 7.42. The smallest absolute Gasteiger partial charge is 0.339 e. The summed E-state index contributed by atoms with van der Waals surface area (Å²) >= 11 is 0. The Balaban J connectivity index is 1.85. The van der Waals surface area contributed by atoms with Crippen molar-refractivity contribution < 1.29 is 24.2 Å². The number of piperidine rings is 1. The lowest BCUT2D eigenvalue weighted by Crippen LogP contribution is -2.48. The number of hydrogen-bond donors (Lipinski definition) is 2. The van der Waals surface area contributed by atoms with E-state index in [1.165, 1.54) is 4.90 Å². The first-order valence-corrected chi connectivity index (χ1v) is 9.08. The van der Waals surface area contributed by atoms with Crippen LogP contribution in [0.25, 0.3) is 11.0 Å². The molecule has 1 fully saturated rings. The van der Waals surface area contributed by atoms with Crippen LogP contribution in [0.15, 0.2) is 21.3 Å². The van der Waals surface area contributed by atoms with Gasteiger partial charge in [-0.25, -0.2) is 9.59 Å². The average Bonchev–Trinajstić information content (AvgIpc) is 2.64. The molecule has 1 aliphatic heterocycles. The summed E-state index contributed by atoms with van der Waals surface area (Å²) in [5.74, 6) is -1.19. The van der Waals surface area contributed by atoms with Crippen molar-refractivity contribution in [2.24, 2.45) is 0 Å². The number of carboxylic acids is 1. The van der Waals surface area contributed by atoms with E-state index in [0.717, 1.165) is 12.8 Å². The number of fused-ring (bicyclic) bond motifs is 1. The van der Waals surface area contributed by atoms with Gasteiger partial charge in [-0.15, -0.1) is 0 Å². The number of carbonyl (C=O) groups is 2. The van der Waals surface area contributed by atoms with Gasteiger partial charge in [0.1, 0.15) is 17.4 Å². The predicted octanol–water partition coefficient (Wildman–Crippen LogP) is 2.51. The van der Waals surface area contributed by atoms with Crippen LogP contribution in [0.2, 0.25) is 0 Å². The van der Waals surface area contributed by atoms with Gasteiger partial charge < -0.3 is 19.5 Å². The van der Waals surface area contributed by atoms with Crippen LogP contribution in [-0.4, -0.2) is 39.6 Å². The van der Waals surface area contributed by atoms with E-state index in [0.29, 0.717) is 40.6 Å². The average molecular weight is 373 g/mol. The SMILES string of the molecule is Cc1c(CCC(=O)N2CCCC[C@H]2C(=O)O)c(=O)oc2c(C)c(O)ccc12. The molecule has 144 valence electrons. The molecule has 1 saturated heterocycles. The fraction of sp³-hybridized carbons (Fsp3) is 0.450. The van der Waals surface area contributed by atoms with E-state index >= 15 is 0 Å². The van der Waals surface area contributed by atoms with Crippen molar-refractivity contribution in [1.29, 1.82) is 0 Å². The van der Waals surface area contributed by atoms with Crippen LogP contribution >= 0.6 is 0 Å². The Bertz CT molecular complexity index is 961. The lowest BCUT2D eigenvalue weighted by Gasteiger charge is -2.33. The van der Waals surface area contributed by atoms with Gasteiger partial charge in [-0.2, -0.15) is 0 Å². The molecule has 1 atom stereocenters. The zero-order chi connectivity index (χ0) is 19.7. The van der Waals surface area contributed by atoms with Crippen LogP contribution in [0.3, 0.4) is 0 Å². The quantitative estimate of drug-likeness (QED) is 0.797. The van der Waals surface area contributed by atoms with Crippen molar-refractivity contribution >= 4 is 22.8 Å². The molecule has 0 aliphatic carbocycles. The Hall–Kier alpha value is -2.83. The van der Waals surface area contributed by atoms with Crippen LogP contribution in [-0.2, 0) is 16.0 Å². The minimum Gasteiger partial charge on any atom is -0.508 e. The van der Waals surface area contributed by atoms with E-state index in [1.807, 2.05) is 0 Å². The number of carboxylic acid groups (broad SMARTS) is 1. The molecule has 0 unspecified atom stereocenters. The fourth-order valence-electron chi connectivity index (χ4n) is 3.73. The standard InChI is InChI=1S/C20H23NO6/c1-11-13-6-8-16(22)12(2)18(13)27-20(26)14(11)7-9-17(23)21-10-4-3-5-15(21)19(24)25/h6,8,15,22H,3-5,7,9-10H2,1-2H3,(H,24,25)/t15-/m0/s1. The van der Waals surface area contributed by atoms with Crippen LogP contribution in [0.4, 0.5) is 0 Å². The number of aliphatic carboxylic acids is 1. The summed E-state index contributed by atoms with van der Waals surface area (Å²) in [6, 6.07) is 2.45. The number of likely N-dealkylation sites (tertiary alicyclic amines) is 1. The molecule has 0 radical (unpaired) electrons. The van der Waals surface area contributed by atoms with Crippen LogP contribution in [0.1, 0.15) is 42.4 Å². The summed E-state index contributed by atoms with van der Waals surface area (Å²) in [6.45, 7) is 3.89. The number of aryl methyl sites for hydroxylation is 2. The Morgan fingerprint density at radius 1 is 1.22 bits per heavy atom. The normalized spacial score (nSPS) is 17.3. The first kappa shape index (κ1) is 18.9. The van der Waals surface area contributed by atoms with Crippen molar-refractivity contribution in [2.45, 2.75) is 52.0 Å². The van der Waals surface area contributed by atoms with Crippen molar-refractivity contribution in [3.63, 3.8) is 0 Å². The van der Waals surface area contributed by atoms with E-state index in [4.69, 9.17) is 4.42 Å². The lowest BCUT2D eigenvalue weighted by molar-refractivity contribution is -0.152. The molecule has 27 heavy (non-hydrogen) atoms. The van der Waals surface area contributed by atoms with Gasteiger partial charge in [0.2, 0.25) is 5.91 Å². The summed E-state index contributed by atoms with van der Waals surface area (Å²) < 4.78 is 5.39. The van der Waals surface area contributed by atoms with E-state index in [-0.39, 0.29) is 24.5 Å². The van der Waals surface area contributed by atoms with Gasteiger partial charge in [-0.3, -0.25) is 4.79 Å². The Labute approximate surface area is 156 Å². The minimum atomic E-state index is -0.986. The monoisotopic (exact) mass is 373 g/mol. The Morgan fingerprint density at radius 2 is 1.96 bits per heavy atom. The van der Waals surface area contributed by atoms with E-state index in [9.17, 15) is 24.6 Å². The Kier molecular flexibility index (Phi) is 5.21. The third kappa shape index (κ3) is 3.54. The van der Waals surface area contributed by atoms with Crippen LogP contribution in [0, 0.1) is 13.8 Å². The second-order valence-electron chi connectivity index (χ2n) is 7.02. The highest BCUT2D eigenvalue weighted by Gasteiger charge is 2.31. The molecule has 1 aliphatic rings. The maximum absolute atomic E-state index is 12.6. The van der Waals surface area contributed by atoms with Gasteiger partial charge >= 0.3 is 11.6 Å². The van der Waals surface area contributed by atoms with E-state index in [2.05, 4.69) is 0 Å². The van der Waals surface area contributed by atoms with Gasteiger partial charge in [0.05, 0.1) is 0 Å². The molecule has 0 bridgehead atoms. The molecule has 3 rings (SSSR count). The zero-order valence-electron chi connectivity index (χ0n) is 15.4. The summed E-state index contributed by atoms with van der Waals surface area (Å²) in [7, 11) is 0. The molecule has 0 saturated carbocycles. The molecule has 2 aromatic rings. The van der Waals surface area contributed by atoms with Crippen molar-refractivity contribution in [3.05, 3.63) is 39.2 Å². The first-order valence-electron chi connectivity index (χ1n) is 9.08. The molecule has 1 amide bonds. The van der Waals surface area contributed by atoms with Crippen molar-refractivity contribution in [1.82, 2.24) is 4.90 Å². The maximum Gasteiger partial charge on any atom is 0.339 e. The highest BCUT2D eigenvalue weighted by molar-refractivity contribution is 5.86. The number of nitrogens with zero attached hydrogens (tertiary/aromatic N) is 1. The van der Waals surface area contributed by atoms with Gasteiger partial charge in [0.15, 0.2) is 0 Å². The molecule has 1 aromatic heterocycles. The predicted molar refractivity (Wildman–Crippen MR) is 98.9 cm³/mol. The maximum atomic E-state index is 12.6. The van der Waals surface area contributed by atoms with E-state index in [1.54, 1.807) is 26.0 Å². The topological polar surface area (TPSA) is 108 Å². The number of hydrogen-bond acceptors (Lipinski definition) is 5. The third-order valence-corrected chi connectivity index (χ3v) is 5.37. The number of phenols is 1. The highest BCUT2D eigenvalue weighted by Crippen LogP contribution is 2.29. The highest BCUT2D eigenvalue weighted by atomic mass is 16.4. The van der Waals surface area contributed by atoms with Gasteiger partial charge in [-0.1, -0.05) is 0 Å². The number of phenolic OH excluding ortho intramolecular Hbond substituents is 1. The molecule has 7 nitrogen and oxygen atoms in total. The summed E-state index contributed by atoms with van der Waals surface area (Å²) in [5, 5.41) is 19.8. The number of amides is 1. The van der Waals surface area contributed by atoms with Crippen LogP contribution < -0.4 is 5.63 Å². The molecule has 0 spiro atoms. The molecule has 2 N–H and O–H groups in total. The lowest BCUT2D eigenvalue weighted by atomic mass is 9.98. The van der Waals surface area contributed by atoms with Crippen molar-refractivity contribution in [2.75, 3.05) is 6.54 Å². The first-order chi connectivity index (χ1) is 12.8. The molecule has 7 heteroatoms.